The smallest absolute Gasteiger partial charge is 0.395 e. The summed E-state index contributed by atoms with van der Waals surface area (Å²) in [5.74, 6) is -0.294. The van der Waals surface area contributed by atoms with Crippen molar-refractivity contribution in [3.05, 3.63) is 48.0 Å². The van der Waals surface area contributed by atoms with E-state index in [-0.39, 0.29) is 23.7 Å². The largest absolute Gasteiger partial charge is 0.586 e. The highest BCUT2D eigenvalue weighted by Crippen LogP contribution is 2.42. The number of carbonyl (C=O) groups is 1. The third kappa shape index (κ3) is 3.54. The molecule has 0 bridgehead atoms. The Kier molecular flexibility index (Phi) is 3.94. The number of aryl methyl sites for hydroxylation is 1. The monoisotopic (exact) mass is 373 g/mol. The first-order valence-corrected chi connectivity index (χ1v) is 7.93. The molecule has 4 rings (SSSR count). The Morgan fingerprint density at radius 3 is 2.78 bits per heavy atom. The minimum atomic E-state index is -3.71. The number of hydrogen-bond donors (Lipinski definition) is 1. The predicted octanol–water partition coefficient (Wildman–Crippen LogP) is 2.61. The summed E-state index contributed by atoms with van der Waals surface area (Å²) in [4.78, 5) is 13.3. The van der Waals surface area contributed by atoms with Gasteiger partial charge in [0.25, 0.3) is 0 Å². The molecule has 8 nitrogen and oxygen atoms in total. The van der Waals surface area contributed by atoms with Crippen LogP contribution in [-0.2, 0) is 11.3 Å². The number of ether oxygens (including phenoxy) is 2. The van der Waals surface area contributed by atoms with Crippen LogP contribution in [0.3, 0.4) is 0 Å². The number of nitrogens with one attached hydrogen (secondary N) is 1. The number of halogens is 2. The predicted molar refractivity (Wildman–Crippen MR) is 89.3 cm³/mol. The zero-order chi connectivity index (χ0) is 19.0. The van der Waals surface area contributed by atoms with Crippen molar-refractivity contribution >= 4 is 11.6 Å². The molecule has 1 aliphatic rings. The minimum absolute atomic E-state index is 0.0983. The van der Waals surface area contributed by atoms with E-state index in [1.54, 1.807) is 0 Å². The Labute approximate surface area is 151 Å². The molecular formula is C17H13F2N5O3. The number of tetrazole rings is 1. The second kappa shape index (κ2) is 6.31. The summed E-state index contributed by atoms with van der Waals surface area (Å²) in [7, 11) is 0. The second-order valence-corrected chi connectivity index (χ2v) is 5.84. The van der Waals surface area contributed by atoms with Crippen LogP contribution in [0.2, 0.25) is 0 Å². The Morgan fingerprint density at radius 1 is 1.19 bits per heavy atom. The average molecular weight is 373 g/mol. The number of aromatic nitrogens is 4. The van der Waals surface area contributed by atoms with Gasteiger partial charge >= 0.3 is 6.29 Å². The fourth-order valence-corrected chi connectivity index (χ4v) is 2.60. The van der Waals surface area contributed by atoms with E-state index in [0.717, 1.165) is 15.9 Å². The summed E-state index contributed by atoms with van der Waals surface area (Å²) in [6, 6.07) is 11.5. The van der Waals surface area contributed by atoms with Gasteiger partial charge < -0.3 is 14.8 Å². The number of amides is 1. The standard InChI is InChI=1S/C17H13F2N5O3/c1-10-4-2-3-5-12(10)16-21-23-24(22-16)9-15(25)20-11-6-7-13-14(8-11)27-17(18,19)26-13/h2-8H,9H2,1H3,(H,20,25). The van der Waals surface area contributed by atoms with Crippen LogP contribution in [0.5, 0.6) is 11.5 Å². The van der Waals surface area contributed by atoms with Crippen LogP contribution in [0.25, 0.3) is 11.4 Å². The summed E-state index contributed by atoms with van der Waals surface area (Å²) in [6.45, 7) is 1.73. The molecule has 3 aromatic rings. The van der Waals surface area contributed by atoms with Gasteiger partial charge in [-0.3, -0.25) is 4.79 Å². The molecule has 10 heteroatoms. The number of benzene rings is 2. The molecular weight excluding hydrogens is 360 g/mol. The maximum Gasteiger partial charge on any atom is 0.586 e. The molecule has 1 aliphatic heterocycles. The Hall–Kier alpha value is -3.56. The Bertz CT molecular complexity index is 1020. The van der Waals surface area contributed by atoms with Gasteiger partial charge in [0.1, 0.15) is 6.54 Å². The third-order valence-electron chi connectivity index (χ3n) is 3.81. The fraction of sp³-hybridized carbons (Fsp3) is 0.176. The molecule has 0 aliphatic carbocycles. The zero-order valence-electron chi connectivity index (χ0n) is 14.0. The molecule has 0 spiro atoms. The summed E-state index contributed by atoms with van der Waals surface area (Å²) in [5.41, 5.74) is 2.08. The van der Waals surface area contributed by atoms with E-state index in [0.29, 0.717) is 5.82 Å². The minimum Gasteiger partial charge on any atom is -0.395 e. The Morgan fingerprint density at radius 2 is 1.96 bits per heavy atom. The number of nitrogens with zero attached hydrogens (tertiary/aromatic N) is 4. The van der Waals surface area contributed by atoms with Gasteiger partial charge in [0.15, 0.2) is 11.5 Å². The van der Waals surface area contributed by atoms with E-state index >= 15 is 0 Å². The van der Waals surface area contributed by atoms with Crippen LogP contribution in [0, 0.1) is 6.92 Å². The van der Waals surface area contributed by atoms with E-state index in [2.05, 4.69) is 30.2 Å². The van der Waals surface area contributed by atoms with Crippen molar-refractivity contribution < 1.29 is 23.0 Å². The lowest BCUT2D eigenvalue weighted by molar-refractivity contribution is -0.286. The molecule has 138 valence electrons. The molecule has 0 saturated heterocycles. The summed E-state index contributed by atoms with van der Waals surface area (Å²) in [6.07, 6.45) is -3.71. The molecule has 2 heterocycles. The molecule has 1 amide bonds. The molecule has 0 atom stereocenters. The van der Waals surface area contributed by atoms with Gasteiger partial charge in [-0.05, 0) is 29.8 Å². The number of hydrogen-bond acceptors (Lipinski definition) is 6. The number of fused-ring (bicyclic) bond motifs is 1. The van der Waals surface area contributed by atoms with Gasteiger partial charge in [0.05, 0.1) is 0 Å². The van der Waals surface area contributed by atoms with Crippen LogP contribution in [0.15, 0.2) is 42.5 Å². The molecule has 0 fully saturated rings. The van der Waals surface area contributed by atoms with Crippen molar-refractivity contribution in [1.29, 1.82) is 0 Å². The van der Waals surface area contributed by atoms with E-state index < -0.39 is 12.2 Å². The first kappa shape index (κ1) is 16.9. The van der Waals surface area contributed by atoms with Crippen molar-refractivity contribution in [3.63, 3.8) is 0 Å². The van der Waals surface area contributed by atoms with Crippen molar-refractivity contribution in [2.75, 3.05) is 5.32 Å². The van der Waals surface area contributed by atoms with Gasteiger partial charge in [-0.15, -0.1) is 19.0 Å². The third-order valence-corrected chi connectivity index (χ3v) is 3.81. The van der Waals surface area contributed by atoms with E-state index in [1.165, 1.54) is 18.2 Å². The second-order valence-electron chi connectivity index (χ2n) is 5.84. The van der Waals surface area contributed by atoms with Crippen molar-refractivity contribution in [2.24, 2.45) is 0 Å². The normalized spacial score (nSPS) is 14.2. The van der Waals surface area contributed by atoms with E-state index in [4.69, 9.17) is 0 Å². The molecule has 1 aromatic heterocycles. The van der Waals surface area contributed by atoms with E-state index in [9.17, 15) is 13.6 Å². The lowest BCUT2D eigenvalue weighted by Gasteiger charge is -2.05. The van der Waals surface area contributed by atoms with Gasteiger partial charge in [-0.1, -0.05) is 24.3 Å². The van der Waals surface area contributed by atoms with Gasteiger partial charge in [-0.25, -0.2) is 0 Å². The number of rotatable bonds is 4. The quantitative estimate of drug-likeness (QED) is 0.756. The van der Waals surface area contributed by atoms with Crippen molar-refractivity contribution in [3.8, 4) is 22.9 Å². The van der Waals surface area contributed by atoms with Crippen LogP contribution in [0.4, 0.5) is 14.5 Å². The lowest BCUT2D eigenvalue weighted by atomic mass is 10.1. The van der Waals surface area contributed by atoms with Crippen LogP contribution < -0.4 is 14.8 Å². The maximum absolute atomic E-state index is 13.0. The lowest BCUT2D eigenvalue weighted by Crippen LogP contribution is -2.25. The fourth-order valence-electron chi connectivity index (χ4n) is 2.60. The highest BCUT2D eigenvalue weighted by atomic mass is 19.3. The van der Waals surface area contributed by atoms with Gasteiger partial charge in [0.2, 0.25) is 11.7 Å². The topological polar surface area (TPSA) is 91.2 Å². The average Bonchev–Trinajstić information content (AvgIpc) is 3.17. The zero-order valence-corrected chi connectivity index (χ0v) is 14.0. The molecule has 27 heavy (non-hydrogen) atoms. The number of alkyl halides is 2. The summed E-state index contributed by atoms with van der Waals surface area (Å²) < 4.78 is 34.7. The Balaban J connectivity index is 1.43. The first-order chi connectivity index (χ1) is 12.9. The van der Waals surface area contributed by atoms with Crippen molar-refractivity contribution in [1.82, 2.24) is 20.2 Å². The molecule has 0 radical (unpaired) electrons. The maximum atomic E-state index is 13.0. The van der Waals surface area contributed by atoms with Gasteiger partial charge in [-0.2, -0.15) is 4.80 Å². The molecule has 0 unspecified atom stereocenters. The summed E-state index contributed by atoms with van der Waals surface area (Å²) >= 11 is 0. The molecule has 1 N–H and O–H groups in total. The SMILES string of the molecule is Cc1ccccc1-c1nnn(CC(=O)Nc2ccc3c(c2)OC(F)(F)O3)n1. The van der Waals surface area contributed by atoms with Crippen LogP contribution in [0.1, 0.15) is 5.56 Å². The van der Waals surface area contributed by atoms with Crippen LogP contribution >= 0.6 is 0 Å². The number of carbonyl (C=O) groups excluding carboxylic acids is 1. The highest BCUT2D eigenvalue weighted by molar-refractivity contribution is 5.90. The van der Waals surface area contributed by atoms with Crippen LogP contribution in [-0.4, -0.2) is 32.4 Å². The first-order valence-electron chi connectivity index (χ1n) is 7.93. The van der Waals surface area contributed by atoms with E-state index in [1.807, 2.05) is 31.2 Å². The highest BCUT2D eigenvalue weighted by Gasteiger charge is 2.43. The summed E-state index contributed by atoms with van der Waals surface area (Å²) in [5, 5.41) is 14.6. The van der Waals surface area contributed by atoms with Crippen molar-refractivity contribution in [2.45, 2.75) is 19.8 Å². The molecule has 0 saturated carbocycles. The number of anilines is 1. The van der Waals surface area contributed by atoms with Gasteiger partial charge in [0, 0.05) is 17.3 Å². The molecule has 2 aromatic carbocycles.